The average Bonchev–Trinajstić information content (AvgIpc) is 2.83. The highest BCUT2D eigenvalue weighted by Crippen LogP contribution is 2.40. The van der Waals surface area contributed by atoms with Crippen LogP contribution in [0.5, 0.6) is 0 Å². The fourth-order valence-corrected chi connectivity index (χ4v) is 3.87. The molecule has 1 aromatic carbocycles. The molecule has 0 aromatic heterocycles. The zero-order chi connectivity index (χ0) is 19.1. The van der Waals surface area contributed by atoms with E-state index in [1.807, 2.05) is 56.0 Å². The highest BCUT2D eigenvalue weighted by Gasteiger charge is 2.57. The lowest BCUT2D eigenvalue weighted by Crippen LogP contribution is -2.58. The fraction of sp³-hybridized carbons (Fsp3) is 0.550. The first-order chi connectivity index (χ1) is 12.3. The number of hydrogen-bond acceptors (Lipinski definition) is 3. The number of para-hydroxylation sites is 1. The van der Waals surface area contributed by atoms with Gasteiger partial charge in [-0.05, 0) is 30.9 Å². The number of amides is 4. The van der Waals surface area contributed by atoms with Gasteiger partial charge in [0.05, 0.1) is 0 Å². The van der Waals surface area contributed by atoms with Gasteiger partial charge in [0.2, 0.25) is 5.91 Å². The number of urea groups is 1. The molecule has 1 spiro atoms. The van der Waals surface area contributed by atoms with Gasteiger partial charge in [0.25, 0.3) is 5.91 Å². The van der Waals surface area contributed by atoms with Gasteiger partial charge in [0, 0.05) is 31.7 Å². The number of benzene rings is 1. The van der Waals surface area contributed by atoms with Crippen LogP contribution in [0.3, 0.4) is 0 Å². The van der Waals surface area contributed by atoms with Crippen molar-refractivity contribution in [3.63, 3.8) is 0 Å². The predicted octanol–water partition coefficient (Wildman–Crippen LogP) is 2.74. The van der Waals surface area contributed by atoms with Gasteiger partial charge < -0.3 is 4.90 Å². The van der Waals surface area contributed by atoms with E-state index in [0.29, 0.717) is 25.9 Å². The number of hydrogen-bond donors (Lipinski definition) is 0. The highest BCUT2D eigenvalue weighted by atomic mass is 16.2. The van der Waals surface area contributed by atoms with Crippen LogP contribution < -0.4 is 4.90 Å². The van der Waals surface area contributed by atoms with E-state index in [9.17, 15) is 14.4 Å². The normalized spacial score (nSPS) is 21.0. The number of nitrogens with zero attached hydrogens (tertiary/aromatic N) is 3. The van der Waals surface area contributed by atoms with Crippen LogP contribution >= 0.6 is 0 Å². The molecule has 2 aliphatic rings. The summed E-state index contributed by atoms with van der Waals surface area (Å²) >= 11 is 0. The molecule has 2 saturated heterocycles. The summed E-state index contributed by atoms with van der Waals surface area (Å²) in [4.78, 5) is 43.0. The summed E-state index contributed by atoms with van der Waals surface area (Å²) < 4.78 is 0. The monoisotopic (exact) mass is 357 g/mol. The molecule has 2 aliphatic heterocycles. The molecular formula is C20H27N3O3. The summed E-state index contributed by atoms with van der Waals surface area (Å²) in [6.45, 7) is 7.02. The molecule has 0 bridgehead atoms. The van der Waals surface area contributed by atoms with Crippen LogP contribution in [0.1, 0.15) is 33.6 Å². The van der Waals surface area contributed by atoms with Crippen molar-refractivity contribution >= 4 is 23.5 Å². The topological polar surface area (TPSA) is 60.9 Å². The molecule has 0 radical (unpaired) electrons. The quantitative estimate of drug-likeness (QED) is 0.782. The Bertz CT molecular complexity index is 708. The van der Waals surface area contributed by atoms with Crippen LogP contribution in [0.4, 0.5) is 10.5 Å². The first-order valence-electron chi connectivity index (χ1n) is 9.26. The van der Waals surface area contributed by atoms with E-state index in [-0.39, 0.29) is 29.7 Å². The van der Waals surface area contributed by atoms with Crippen molar-refractivity contribution in [3.8, 4) is 0 Å². The van der Waals surface area contributed by atoms with Crippen molar-refractivity contribution in [1.29, 1.82) is 0 Å². The number of piperidine rings is 1. The smallest absolute Gasteiger partial charge is 0.331 e. The van der Waals surface area contributed by atoms with Gasteiger partial charge in [-0.2, -0.15) is 0 Å². The second-order valence-electron chi connectivity index (χ2n) is 7.71. The van der Waals surface area contributed by atoms with Gasteiger partial charge >= 0.3 is 6.03 Å². The Labute approximate surface area is 154 Å². The molecule has 2 heterocycles. The minimum absolute atomic E-state index is 0.0436. The van der Waals surface area contributed by atoms with E-state index in [1.165, 1.54) is 11.9 Å². The molecule has 140 valence electrons. The number of carbonyl (C=O) groups is 3. The second-order valence-corrected chi connectivity index (χ2v) is 7.71. The van der Waals surface area contributed by atoms with Crippen LogP contribution in [0.25, 0.3) is 0 Å². The Morgan fingerprint density at radius 2 is 1.62 bits per heavy atom. The third-order valence-corrected chi connectivity index (χ3v) is 5.92. The van der Waals surface area contributed by atoms with Gasteiger partial charge in [-0.3, -0.25) is 19.4 Å². The highest BCUT2D eigenvalue weighted by molar-refractivity contribution is 6.16. The van der Waals surface area contributed by atoms with Gasteiger partial charge in [0.15, 0.2) is 0 Å². The number of anilines is 1. The summed E-state index contributed by atoms with van der Waals surface area (Å²) in [5, 5.41) is 0. The van der Waals surface area contributed by atoms with Gasteiger partial charge in [-0.25, -0.2) is 4.79 Å². The number of rotatable bonds is 3. The lowest BCUT2D eigenvalue weighted by atomic mass is 9.84. The minimum Gasteiger partial charge on any atom is -0.342 e. The lowest BCUT2D eigenvalue weighted by Gasteiger charge is -2.43. The molecule has 0 N–H and O–H groups in total. The molecule has 0 saturated carbocycles. The third-order valence-electron chi connectivity index (χ3n) is 5.92. The van der Waals surface area contributed by atoms with Crippen molar-refractivity contribution < 1.29 is 14.4 Å². The summed E-state index contributed by atoms with van der Waals surface area (Å²) in [6, 6.07) is 9.02. The predicted molar refractivity (Wildman–Crippen MR) is 99.6 cm³/mol. The van der Waals surface area contributed by atoms with Crippen molar-refractivity contribution in [1.82, 2.24) is 9.80 Å². The van der Waals surface area contributed by atoms with E-state index >= 15 is 0 Å². The molecule has 26 heavy (non-hydrogen) atoms. The Morgan fingerprint density at radius 1 is 1.04 bits per heavy atom. The molecule has 0 aliphatic carbocycles. The molecule has 3 rings (SSSR count). The van der Waals surface area contributed by atoms with Crippen molar-refractivity contribution in [2.45, 2.75) is 39.2 Å². The lowest BCUT2D eigenvalue weighted by molar-refractivity contribution is -0.141. The van der Waals surface area contributed by atoms with Crippen LogP contribution in [0.2, 0.25) is 0 Å². The Balaban J connectivity index is 1.86. The summed E-state index contributed by atoms with van der Waals surface area (Å²) in [6.07, 6.45) is 0.931. The number of imide groups is 1. The van der Waals surface area contributed by atoms with Gasteiger partial charge in [-0.15, -0.1) is 0 Å². The second kappa shape index (κ2) is 6.74. The summed E-state index contributed by atoms with van der Waals surface area (Å²) in [5.74, 6) is 0.194. The molecule has 2 fully saturated rings. The summed E-state index contributed by atoms with van der Waals surface area (Å²) in [5.41, 5.74) is -0.157. The van der Waals surface area contributed by atoms with E-state index in [0.717, 1.165) is 5.69 Å². The van der Waals surface area contributed by atoms with Crippen molar-refractivity contribution in [3.05, 3.63) is 30.3 Å². The number of carbonyl (C=O) groups excluding carboxylic acids is 3. The Morgan fingerprint density at radius 3 is 2.15 bits per heavy atom. The number of likely N-dealkylation sites (N-methyl/N-ethyl adjacent to an activating group) is 1. The van der Waals surface area contributed by atoms with E-state index in [1.54, 1.807) is 4.90 Å². The minimum atomic E-state index is -0.884. The Hall–Kier alpha value is -2.37. The third kappa shape index (κ3) is 2.77. The van der Waals surface area contributed by atoms with E-state index in [2.05, 4.69) is 0 Å². The van der Waals surface area contributed by atoms with Crippen LogP contribution in [-0.4, -0.2) is 53.3 Å². The van der Waals surface area contributed by atoms with Crippen LogP contribution in [-0.2, 0) is 9.59 Å². The van der Waals surface area contributed by atoms with E-state index < -0.39 is 5.54 Å². The summed E-state index contributed by atoms with van der Waals surface area (Å²) in [7, 11) is 1.54. The molecular weight excluding hydrogens is 330 g/mol. The molecule has 6 nitrogen and oxygen atoms in total. The van der Waals surface area contributed by atoms with Crippen molar-refractivity contribution in [2.24, 2.45) is 11.8 Å². The largest absolute Gasteiger partial charge is 0.342 e. The molecule has 1 atom stereocenters. The zero-order valence-electron chi connectivity index (χ0n) is 15.9. The van der Waals surface area contributed by atoms with Gasteiger partial charge in [0.1, 0.15) is 5.54 Å². The fourth-order valence-electron chi connectivity index (χ4n) is 3.87. The maximum Gasteiger partial charge on any atom is 0.331 e. The standard InChI is InChI=1S/C20H27N3O3/c1-14(2)15(3)17(24)22-12-10-20(11-13-22)18(25)21(4)19(26)23(20)16-8-6-5-7-9-16/h5-9,14-15H,10-13H2,1-4H3/t15-/m1/s1. The van der Waals surface area contributed by atoms with E-state index in [4.69, 9.17) is 0 Å². The average molecular weight is 357 g/mol. The van der Waals surface area contributed by atoms with Crippen LogP contribution in [0.15, 0.2) is 30.3 Å². The first kappa shape index (κ1) is 18.4. The molecule has 1 aromatic rings. The molecule has 0 unspecified atom stereocenters. The molecule has 6 heteroatoms. The van der Waals surface area contributed by atoms with Crippen LogP contribution in [0, 0.1) is 11.8 Å². The number of likely N-dealkylation sites (tertiary alicyclic amines) is 1. The maximum absolute atomic E-state index is 13.0. The first-order valence-corrected chi connectivity index (χ1v) is 9.26. The SMILES string of the molecule is CC(C)[C@@H](C)C(=O)N1CCC2(CC1)C(=O)N(C)C(=O)N2c1ccccc1. The molecule has 4 amide bonds. The maximum atomic E-state index is 13.0. The Kier molecular flexibility index (Phi) is 4.78. The van der Waals surface area contributed by atoms with Crippen molar-refractivity contribution in [2.75, 3.05) is 25.0 Å². The zero-order valence-corrected chi connectivity index (χ0v) is 15.9. The van der Waals surface area contributed by atoms with Gasteiger partial charge in [-0.1, -0.05) is 39.0 Å².